The van der Waals surface area contributed by atoms with Gasteiger partial charge in [0.25, 0.3) is 11.5 Å². The van der Waals surface area contributed by atoms with Gasteiger partial charge in [-0.1, -0.05) is 18.2 Å². The van der Waals surface area contributed by atoms with Crippen molar-refractivity contribution in [3.05, 3.63) is 70.4 Å². The minimum atomic E-state index is -0.489. The number of nitrogens with zero attached hydrogens (tertiary/aromatic N) is 4. The van der Waals surface area contributed by atoms with Crippen LogP contribution in [0.3, 0.4) is 0 Å². The summed E-state index contributed by atoms with van der Waals surface area (Å²) in [7, 11) is 0. The highest BCUT2D eigenvalue weighted by molar-refractivity contribution is 7.10. The van der Waals surface area contributed by atoms with Crippen LogP contribution in [0.25, 0.3) is 22.2 Å². The lowest BCUT2D eigenvalue weighted by molar-refractivity contribution is 0.102. The average Bonchev–Trinajstić information content (AvgIpc) is 3.17. The summed E-state index contributed by atoms with van der Waals surface area (Å²) in [4.78, 5) is 29.8. The Labute approximate surface area is 169 Å². The molecule has 0 radical (unpaired) electrons. The highest BCUT2D eigenvalue weighted by atomic mass is 32.1. The largest absolute Gasteiger partial charge is 0.295 e. The molecule has 0 saturated heterocycles. The molecule has 0 aliphatic carbocycles. The molecule has 29 heavy (non-hydrogen) atoms. The van der Waals surface area contributed by atoms with Crippen LogP contribution >= 0.6 is 11.5 Å². The number of benzene rings is 2. The van der Waals surface area contributed by atoms with Gasteiger partial charge in [-0.15, -0.1) is 0 Å². The molecule has 7 nitrogen and oxygen atoms in total. The molecule has 0 atom stereocenters. The summed E-state index contributed by atoms with van der Waals surface area (Å²) in [6.45, 7) is 3.65. The van der Waals surface area contributed by atoms with Gasteiger partial charge in [-0.2, -0.15) is 14.5 Å². The van der Waals surface area contributed by atoms with Gasteiger partial charge in [0.2, 0.25) is 5.13 Å². The van der Waals surface area contributed by atoms with Gasteiger partial charge in [-0.05, 0) is 44.2 Å². The first kappa shape index (κ1) is 18.9. The van der Waals surface area contributed by atoms with E-state index in [9.17, 15) is 14.0 Å². The van der Waals surface area contributed by atoms with E-state index in [-0.39, 0.29) is 28.2 Å². The molecular formula is C20H16FN5O2S. The smallest absolute Gasteiger partial charge is 0.278 e. The van der Waals surface area contributed by atoms with E-state index in [2.05, 4.69) is 19.8 Å². The van der Waals surface area contributed by atoms with Gasteiger partial charge in [0, 0.05) is 22.5 Å². The van der Waals surface area contributed by atoms with Gasteiger partial charge in [0.05, 0.1) is 11.4 Å². The summed E-state index contributed by atoms with van der Waals surface area (Å²) in [6, 6.07) is 12.4. The van der Waals surface area contributed by atoms with Crippen LogP contribution in [0.2, 0.25) is 0 Å². The van der Waals surface area contributed by atoms with Crippen LogP contribution in [0.4, 0.5) is 9.52 Å². The maximum absolute atomic E-state index is 13.1. The van der Waals surface area contributed by atoms with Crippen molar-refractivity contribution < 1.29 is 9.18 Å². The molecule has 4 aromatic rings. The molecule has 2 aromatic heterocycles. The Morgan fingerprint density at radius 2 is 1.79 bits per heavy atom. The number of hydrogen-bond acceptors (Lipinski definition) is 6. The lowest BCUT2D eigenvalue weighted by Crippen LogP contribution is -2.28. The minimum Gasteiger partial charge on any atom is -0.295 e. The monoisotopic (exact) mass is 409 g/mol. The Hall–Kier alpha value is -3.46. The van der Waals surface area contributed by atoms with Gasteiger partial charge in [-0.3, -0.25) is 14.9 Å². The normalized spacial score (nSPS) is 11.2. The zero-order chi connectivity index (χ0) is 20.5. The van der Waals surface area contributed by atoms with Gasteiger partial charge >= 0.3 is 0 Å². The van der Waals surface area contributed by atoms with E-state index >= 15 is 0 Å². The van der Waals surface area contributed by atoms with Gasteiger partial charge in [0.15, 0.2) is 11.5 Å². The number of nitrogens with one attached hydrogen (secondary N) is 1. The number of rotatable bonds is 4. The van der Waals surface area contributed by atoms with E-state index in [1.54, 1.807) is 36.4 Å². The van der Waals surface area contributed by atoms with E-state index < -0.39 is 5.91 Å². The lowest BCUT2D eigenvalue weighted by atomic mass is 10.1. The second-order valence-corrected chi connectivity index (χ2v) is 7.37. The molecule has 0 aliphatic heterocycles. The zero-order valence-electron chi connectivity index (χ0n) is 15.6. The van der Waals surface area contributed by atoms with Gasteiger partial charge in [0.1, 0.15) is 5.82 Å². The van der Waals surface area contributed by atoms with Crippen molar-refractivity contribution in [3.8, 4) is 11.4 Å². The lowest BCUT2D eigenvalue weighted by Gasteiger charge is -2.12. The minimum absolute atomic E-state index is 0.132. The van der Waals surface area contributed by atoms with Gasteiger partial charge in [-0.25, -0.2) is 9.07 Å². The molecule has 0 spiro atoms. The van der Waals surface area contributed by atoms with Crippen molar-refractivity contribution in [2.45, 2.75) is 19.9 Å². The number of carbonyl (C=O) groups is 1. The van der Waals surface area contributed by atoms with E-state index in [4.69, 9.17) is 0 Å². The molecule has 146 valence electrons. The number of fused-ring (bicyclic) bond motifs is 1. The van der Waals surface area contributed by atoms with Crippen LogP contribution in [-0.2, 0) is 0 Å². The summed E-state index contributed by atoms with van der Waals surface area (Å²) in [5.41, 5.74) is 0.522. The summed E-state index contributed by atoms with van der Waals surface area (Å²) >= 11 is 1.01. The Morgan fingerprint density at radius 1 is 1.10 bits per heavy atom. The molecule has 0 bridgehead atoms. The fraction of sp³-hybridized carbons (Fsp3) is 0.150. The van der Waals surface area contributed by atoms with Gasteiger partial charge < -0.3 is 0 Å². The number of carbonyl (C=O) groups excluding carboxylic acids is 1. The molecule has 9 heteroatoms. The van der Waals surface area contributed by atoms with Crippen molar-refractivity contribution in [2.24, 2.45) is 0 Å². The molecule has 2 aromatic carbocycles. The quantitative estimate of drug-likeness (QED) is 0.552. The number of halogens is 1. The molecule has 0 saturated carbocycles. The molecule has 2 heterocycles. The number of amides is 1. The Balaban J connectivity index is 1.69. The molecule has 0 unspecified atom stereocenters. The summed E-state index contributed by atoms with van der Waals surface area (Å²) < 4.78 is 18.6. The maximum Gasteiger partial charge on any atom is 0.278 e. The predicted octanol–water partition coefficient (Wildman–Crippen LogP) is 3.89. The van der Waals surface area contributed by atoms with Crippen molar-refractivity contribution >= 4 is 33.3 Å². The zero-order valence-corrected chi connectivity index (χ0v) is 16.4. The second kappa shape index (κ2) is 7.51. The Bertz CT molecular complexity index is 1260. The predicted molar refractivity (Wildman–Crippen MR) is 110 cm³/mol. The first-order chi connectivity index (χ1) is 13.9. The average molecular weight is 409 g/mol. The van der Waals surface area contributed by atoms with Crippen LogP contribution in [0.1, 0.15) is 30.4 Å². The molecule has 1 amide bonds. The van der Waals surface area contributed by atoms with Crippen molar-refractivity contribution in [3.63, 3.8) is 0 Å². The van der Waals surface area contributed by atoms with Crippen LogP contribution < -0.4 is 10.9 Å². The Morgan fingerprint density at radius 3 is 2.48 bits per heavy atom. The molecular weight excluding hydrogens is 393 g/mol. The number of hydrogen-bond donors (Lipinski definition) is 1. The first-order valence-corrected chi connectivity index (χ1v) is 9.64. The molecule has 1 N–H and O–H groups in total. The number of anilines is 1. The van der Waals surface area contributed by atoms with Crippen molar-refractivity contribution in [2.75, 3.05) is 5.32 Å². The summed E-state index contributed by atoms with van der Waals surface area (Å²) in [5, 5.41) is 8.14. The van der Waals surface area contributed by atoms with E-state index in [1.807, 2.05) is 13.8 Å². The standard InChI is InChI=1S/C20H16FN5O2S/c1-11(2)26-19(28)15-6-4-3-5-14(15)16(24-26)18(27)23-20-22-17(25-29-20)12-7-9-13(21)10-8-12/h3-11H,1-2H3,(H,22,23,25,27). The van der Waals surface area contributed by atoms with Crippen molar-refractivity contribution in [1.82, 2.24) is 19.1 Å². The topological polar surface area (TPSA) is 89.8 Å². The van der Waals surface area contributed by atoms with E-state index in [0.717, 1.165) is 11.5 Å². The van der Waals surface area contributed by atoms with E-state index in [0.29, 0.717) is 22.2 Å². The first-order valence-electron chi connectivity index (χ1n) is 8.86. The Kier molecular flexibility index (Phi) is 4.89. The van der Waals surface area contributed by atoms with Crippen LogP contribution in [-0.4, -0.2) is 25.0 Å². The van der Waals surface area contributed by atoms with Crippen LogP contribution in [0.5, 0.6) is 0 Å². The molecule has 0 fully saturated rings. The fourth-order valence-electron chi connectivity index (χ4n) is 2.87. The third kappa shape index (κ3) is 3.64. The molecule has 0 aliphatic rings. The third-order valence-corrected chi connectivity index (χ3v) is 4.91. The summed E-state index contributed by atoms with van der Waals surface area (Å²) in [6.07, 6.45) is 0. The maximum atomic E-state index is 13.1. The highest BCUT2D eigenvalue weighted by Gasteiger charge is 2.19. The van der Waals surface area contributed by atoms with E-state index in [1.165, 1.54) is 16.8 Å². The van der Waals surface area contributed by atoms with Crippen molar-refractivity contribution in [1.29, 1.82) is 0 Å². The second-order valence-electron chi connectivity index (χ2n) is 6.62. The highest BCUT2D eigenvalue weighted by Crippen LogP contribution is 2.22. The summed E-state index contributed by atoms with van der Waals surface area (Å²) in [5.74, 6) is -0.455. The van der Waals surface area contributed by atoms with Crippen LogP contribution in [0.15, 0.2) is 53.3 Å². The number of aromatic nitrogens is 4. The fourth-order valence-corrected chi connectivity index (χ4v) is 3.46. The third-order valence-electron chi connectivity index (χ3n) is 4.28. The SMILES string of the molecule is CC(C)n1nc(C(=O)Nc2nc(-c3ccc(F)cc3)ns2)c2ccccc2c1=O. The van der Waals surface area contributed by atoms with Crippen LogP contribution in [0, 0.1) is 5.82 Å². The molecule has 4 rings (SSSR count).